The summed E-state index contributed by atoms with van der Waals surface area (Å²) in [5.41, 5.74) is 2.91. The van der Waals surface area contributed by atoms with Crippen LogP contribution in [0.4, 0.5) is 0 Å². The van der Waals surface area contributed by atoms with Gasteiger partial charge in [-0.05, 0) is 33.3 Å². The molecule has 1 saturated heterocycles. The van der Waals surface area contributed by atoms with E-state index in [9.17, 15) is 4.79 Å². The molecule has 2 rings (SSSR count). The van der Waals surface area contributed by atoms with Gasteiger partial charge in [-0.15, -0.1) is 11.6 Å². The van der Waals surface area contributed by atoms with Crippen molar-refractivity contribution in [2.24, 2.45) is 5.92 Å². The van der Waals surface area contributed by atoms with Crippen LogP contribution in [-0.4, -0.2) is 29.4 Å². The normalized spacial score (nSPS) is 21.2. The van der Waals surface area contributed by atoms with E-state index in [0.29, 0.717) is 12.0 Å². The van der Waals surface area contributed by atoms with Crippen LogP contribution >= 0.6 is 11.6 Å². The van der Waals surface area contributed by atoms with Crippen LogP contribution in [0.3, 0.4) is 0 Å². The summed E-state index contributed by atoms with van der Waals surface area (Å²) in [5, 5.41) is 0. The molecule has 4 heteroatoms. The number of carbonyl (C=O) groups is 1. The monoisotopic (exact) mass is 269 g/mol. The molecule has 0 amide bonds. The molecule has 3 nitrogen and oxygen atoms in total. The number of nitrogens with zero attached hydrogens (tertiary/aromatic N) is 1. The molecule has 0 radical (unpaired) electrons. The summed E-state index contributed by atoms with van der Waals surface area (Å²) >= 11 is 5.65. The molecule has 1 aliphatic rings. The van der Waals surface area contributed by atoms with Gasteiger partial charge in [-0.2, -0.15) is 0 Å². The van der Waals surface area contributed by atoms with Gasteiger partial charge in [0.25, 0.3) is 0 Å². The van der Waals surface area contributed by atoms with Crippen molar-refractivity contribution in [3.8, 4) is 0 Å². The molecule has 1 aliphatic heterocycles. The van der Waals surface area contributed by atoms with Gasteiger partial charge in [0.2, 0.25) is 0 Å². The van der Waals surface area contributed by atoms with Crippen molar-refractivity contribution < 1.29 is 9.53 Å². The van der Waals surface area contributed by atoms with Crippen molar-refractivity contribution in [1.82, 2.24) is 4.57 Å². The Bertz CT molecular complexity index is 447. The molecule has 2 unspecified atom stereocenters. The third-order valence-electron chi connectivity index (χ3n) is 3.96. The zero-order chi connectivity index (χ0) is 13.3. The lowest BCUT2D eigenvalue weighted by atomic mass is 10.00. The highest BCUT2D eigenvalue weighted by Gasteiger charge is 2.26. The summed E-state index contributed by atoms with van der Waals surface area (Å²) < 4.78 is 7.70. The van der Waals surface area contributed by atoms with Crippen LogP contribution in [0.5, 0.6) is 0 Å². The highest BCUT2D eigenvalue weighted by atomic mass is 35.5. The molecular formula is C14H20ClNO2. The zero-order valence-corrected chi connectivity index (χ0v) is 12.0. The summed E-state index contributed by atoms with van der Waals surface area (Å²) in [4.78, 5) is 11.8. The summed E-state index contributed by atoms with van der Waals surface area (Å²) in [6.45, 7) is 7.91. The second-order valence-electron chi connectivity index (χ2n) is 5.08. The SMILES string of the molecule is Cc1cc(C(=O)CCl)c(C)n1C(C)C1CCOC1. The summed E-state index contributed by atoms with van der Waals surface area (Å²) in [6, 6.07) is 2.32. The second-order valence-corrected chi connectivity index (χ2v) is 5.34. The number of ether oxygens (including phenoxy) is 1. The highest BCUT2D eigenvalue weighted by molar-refractivity contribution is 6.30. The summed E-state index contributed by atoms with van der Waals surface area (Å²) in [7, 11) is 0. The molecule has 0 aromatic carbocycles. The van der Waals surface area contributed by atoms with Gasteiger partial charge in [0.15, 0.2) is 5.78 Å². The first kappa shape index (κ1) is 13.6. The number of aryl methyl sites for hydroxylation is 1. The summed E-state index contributed by atoms with van der Waals surface area (Å²) in [6.07, 6.45) is 1.09. The van der Waals surface area contributed by atoms with Crippen molar-refractivity contribution >= 4 is 17.4 Å². The fourth-order valence-electron chi connectivity index (χ4n) is 2.90. The fraction of sp³-hybridized carbons (Fsp3) is 0.643. The number of rotatable bonds is 4. The Hall–Kier alpha value is -0.800. The van der Waals surface area contributed by atoms with Crippen molar-refractivity contribution in [3.05, 3.63) is 23.0 Å². The molecule has 18 heavy (non-hydrogen) atoms. The molecule has 0 spiro atoms. The molecule has 2 atom stereocenters. The van der Waals surface area contributed by atoms with Crippen LogP contribution in [0, 0.1) is 19.8 Å². The second kappa shape index (κ2) is 5.45. The van der Waals surface area contributed by atoms with E-state index in [2.05, 4.69) is 11.5 Å². The molecule has 100 valence electrons. The lowest BCUT2D eigenvalue weighted by Gasteiger charge is -2.23. The van der Waals surface area contributed by atoms with E-state index in [1.807, 2.05) is 19.9 Å². The third-order valence-corrected chi connectivity index (χ3v) is 4.20. The number of hydrogen-bond acceptors (Lipinski definition) is 2. The van der Waals surface area contributed by atoms with E-state index in [0.717, 1.165) is 36.6 Å². The molecular weight excluding hydrogens is 250 g/mol. The van der Waals surface area contributed by atoms with Crippen molar-refractivity contribution in [2.45, 2.75) is 33.2 Å². The number of aromatic nitrogens is 1. The average Bonchev–Trinajstić information content (AvgIpc) is 2.96. The van der Waals surface area contributed by atoms with E-state index >= 15 is 0 Å². The highest BCUT2D eigenvalue weighted by Crippen LogP contribution is 2.30. The maximum absolute atomic E-state index is 11.8. The van der Waals surface area contributed by atoms with Crippen molar-refractivity contribution in [1.29, 1.82) is 0 Å². The first-order valence-corrected chi connectivity index (χ1v) is 6.95. The van der Waals surface area contributed by atoms with Crippen LogP contribution < -0.4 is 0 Å². The smallest absolute Gasteiger partial charge is 0.179 e. The maximum Gasteiger partial charge on any atom is 0.179 e. The van der Waals surface area contributed by atoms with Crippen LogP contribution in [-0.2, 0) is 4.74 Å². The third kappa shape index (κ3) is 2.34. The lowest BCUT2D eigenvalue weighted by molar-refractivity contribution is 0.102. The predicted octanol–water partition coefficient (Wildman–Crippen LogP) is 3.12. The van der Waals surface area contributed by atoms with Gasteiger partial charge >= 0.3 is 0 Å². The Balaban J connectivity index is 2.32. The first-order valence-electron chi connectivity index (χ1n) is 6.41. The standard InChI is InChI=1S/C14H20ClNO2/c1-9-6-13(14(17)7-15)11(3)16(9)10(2)12-4-5-18-8-12/h6,10,12H,4-5,7-8H2,1-3H3. The van der Waals surface area contributed by atoms with E-state index in [1.54, 1.807) is 0 Å². The first-order chi connectivity index (χ1) is 8.56. The average molecular weight is 270 g/mol. The van der Waals surface area contributed by atoms with Crippen LogP contribution in [0.1, 0.15) is 41.1 Å². The van der Waals surface area contributed by atoms with Crippen molar-refractivity contribution in [2.75, 3.05) is 19.1 Å². The number of Topliss-reactive ketones (excluding diaryl/α,β-unsaturated/α-hetero) is 1. The number of halogens is 1. The molecule has 0 N–H and O–H groups in total. The largest absolute Gasteiger partial charge is 0.381 e. The van der Waals surface area contributed by atoms with E-state index in [-0.39, 0.29) is 11.7 Å². The summed E-state index contributed by atoms with van der Waals surface area (Å²) in [5.74, 6) is 0.588. The molecule has 1 fully saturated rings. The van der Waals surface area contributed by atoms with Gasteiger partial charge in [0.05, 0.1) is 12.5 Å². The van der Waals surface area contributed by atoms with Gasteiger partial charge in [0, 0.05) is 35.5 Å². The van der Waals surface area contributed by atoms with Crippen LogP contribution in [0.25, 0.3) is 0 Å². The Morgan fingerprint density at radius 3 is 2.89 bits per heavy atom. The van der Waals surface area contributed by atoms with Gasteiger partial charge < -0.3 is 9.30 Å². The van der Waals surface area contributed by atoms with Gasteiger partial charge in [0.1, 0.15) is 0 Å². The quantitative estimate of drug-likeness (QED) is 0.621. The molecule has 0 bridgehead atoms. The van der Waals surface area contributed by atoms with E-state index in [4.69, 9.17) is 16.3 Å². The number of ketones is 1. The van der Waals surface area contributed by atoms with Crippen LogP contribution in [0.15, 0.2) is 6.07 Å². The Morgan fingerprint density at radius 2 is 2.33 bits per heavy atom. The minimum absolute atomic E-state index is 0.00545. The Morgan fingerprint density at radius 1 is 1.61 bits per heavy atom. The number of hydrogen-bond donors (Lipinski definition) is 0. The topological polar surface area (TPSA) is 31.2 Å². The van der Waals surface area contributed by atoms with Crippen molar-refractivity contribution in [3.63, 3.8) is 0 Å². The predicted molar refractivity (Wildman–Crippen MR) is 72.6 cm³/mol. The molecule has 1 aromatic rings. The molecule has 0 aliphatic carbocycles. The van der Waals surface area contributed by atoms with E-state index < -0.39 is 0 Å². The number of carbonyl (C=O) groups excluding carboxylic acids is 1. The lowest BCUT2D eigenvalue weighted by Crippen LogP contribution is -2.19. The maximum atomic E-state index is 11.8. The zero-order valence-electron chi connectivity index (χ0n) is 11.2. The molecule has 2 heterocycles. The van der Waals surface area contributed by atoms with Gasteiger partial charge in [-0.3, -0.25) is 4.79 Å². The van der Waals surface area contributed by atoms with Crippen LogP contribution in [0.2, 0.25) is 0 Å². The fourth-order valence-corrected chi connectivity index (χ4v) is 3.05. The Labute approximate surface area is 113 Å². The minimum Gasteiger partial charge on any atom is -0.381 e. The number of alkyl halides is 1. The minimum atomic E-state index is 0.00545. The van der Waals surface area contributed by atoms with Gasteiger partial charge in [-0.25, -0.2) is 0 Å². The molecule has 0 saturated carbocycles. The van der Waals surface area contributed by atoms with Gasteiger partial charge in [-0.1, -0.05) is 0 Å². The van der Waals surface area contributed by atoms with E-state index in [1.165, 1.54) is 0 Å². The molecule has 1 aromatic heterocycles. The Kier molecular flexibility index (Phi) is 4.13.